The molecule has 2 fully saturated rings. The van der Waals surface area contributed by atoms with Crippen molar-refractivity contribution in [2.24, 2.45) is 0 Å². The molecular formula is C13H20N4O3. The van der Waals surface area contributed by atoms with Gasteiger partial charge in [0.2, 0.25) is 0 Å². The maximum atomic E-state index is 11.8. The summed E-state index contributed by atoms with van der Waals surface area (Å²) in [6.07, 6.45) is 1.39. The summed E-state index contributed by atoms with van der Waals surface area (Å²) in [7, 11) is 0. The Balaban J connectivity index is 1.68. The van der Waals surface area contributed by atoms with E-state index < -0.39 is 0 Å². The molecule has 0 aliphatic carbocycles. The van der Waals surface area contributed by atoms with Crippen LogP contribution in [0.4, 0.5) is 0 Å². The molecular weight excluding hydrogens is 260 g/mol. The van der Waals surface area contributed by atoms with Crippen molar-refractivity contribution in [1.82, 2.24) is 20.1 Å². The summed E-state index contributed by atoms with van der Waals surface area (Å²) in [6.45, 7) is 5.91. The molecule has 3 heterocycles. The van der Waals surface area contributed by atoms with Crippen LogP contribution in [0.3, 0.4) is 0 Å². The van der Waals surface area contributed by atoms with E-state index in [0.29, 0.717) is 19.0 Å². The number of morpholine rings is 1. The van der Waals surface area contributed by atoms with Gasteiger partial charge in [-0.3, -0.25) is 14.8 Å². The number of hydrogen-bond acceptors (Lipinski definition) is 6. The van der Waals surface area contributed by atoms with Crippen molar-refractivity contribution in [2.45, 2.75) is 44.9 Å². The molecule has 1 aromatic heterocycles. The summed E-state index contributed by atoms with van der Waals surface area (Å²) in [5.74, 6) is 1.41. The smallest absolute Gasteiger partial charge is 0.323 e. The zero-order chi connectivity index (χ0) is 14.1. The fourth-order valence-corrected chi connectivity index (χ4v) is 2.75. The van der Waals surface area contributed by atoms with Crippen LogP contribution >= 0.6 is 0 Å². The number of ether oxygens (including phenoxy) is 2. The third-order valence-corrected chi connectivity index (χ3v) is 3.86. The van der Waals surface area contributed by atoms with Crippen molar-refractivity contribution < 1.29 is 14.3 Å². The molecule has 0 amide bonds. The lowest BCUT2D eigenvalue weighted by molar-refractivity contribution is -0.147. The van der Waals surface area contributed by atoms with E-state index in [-0.39, 0.29) is 24.2 Å². The first-order valence-corrected chi connectivity index (χ1v) is 7.14. The van der Waals surface area contributed by atoms with Gasteiger partial charge in [-0.05, 0) is 6.92 Å². The molecule has 3 rings (SSSR count). The molecule has 20 heavy (non-hydrogen) atoms. The first kappa shape index (κ1) is 13.5. The topological polar surface area (TPSA) is 80.3 Å². The molecule has 7 heteroatoms. The van der Waals surface area contributed by atoms with E-state index in [1.807, 2.05) is 13.8 Å². The average molecular weight is 280 g/mol. The Morgan fingerprint density at radius 2 is 2.35 bits per heavy atom. The molecule has 0 bridgehead atoms. The van der Waals surface area contributed by atoms with Gasteiger partial charge in [0, 0.05) is 25.9 Å². The monoisotopic (exact) mass is 280 g/mol. The highest BCUT2D eigenvalue weighted by Gasteiger charge is 2.39. The molecule has 0 unspecified atom stereocenters. The van der Waals surface area contributed by atoms with Crippen molar-refractivity contribution in [3.63, 3.8) is 0 Å². The molecule has 2 aliphatic heterocycles. The number of carbonyl (C=O) groups is 1. The minimum Gasteiger partial charge on any atom is -0.461 e. The van der Waals surface area contributed by atoms with Gasteiger partial charge in [-0.15, -0.1) is 0 Å². The fraction of sp³-hybridized carbons (Fsp3) is 0.769. The van der Waals surface area contributed by atoms with Gasteiger partial charge in [-0.2, -0.15) is 5.10 Å². The number of H-pyrrole nitrogens is 1. The van der Waals surface area contributed by atoms with Gasteiger partial charge in [0.25, 0.3) is 0 Å². The van der Waals surface area contributed by atoms with E-state index in [1.54, 1.807) is 0 Å². The number of aromatic amines is 1. The van der Waals surface area contributed by atoms with Gasteiger partial charge in [-0.25, -0.2) is 4.98 Å². The van der Waals surface area contributed by atoms with E-state index in [0.717, 1.165) is 25.2 Å². The van der Waals surface area contributed by atoms with Crippen LogP contribution in [0.5, 0.6) is 0 Å². The Hall–Kier alpha value is -1.47. The number of nitrogens with zero attached hydrogens (tertiary/aromatic N) is 3. The Morgan fingerprint density at radius 1 is 1.50 bits per heavy atom. The first-order valence-electron chi connectivity index (χ1n) is 7.14. The van der Waals surface area contributed by atoms with Crippen LogP contribution in [-0.4, -0.2) is 57.9 Å². The third kappa shape index (κ3) is 2.55. The maximum absolute atomic E-state index is 11.8. The zero-order valence-electron chi connectivity index (χ0n) is 11.8. The molecule has 1 N–H and O–H groups in total. The van der Waals surface area contributed by atoms with Crippen molar-refractivity contribution in [2.75, 3.05) is 19.7 Å². The normalized spacial score (nSPS) is 31.5. The summed E-state index contributed by atoms with van der Waals surface area (Å²) >= 11 is 0. The van der Waals surface area contributed by atoms with Gasteiger partial charge in [0.05, 0.1) is 6.61 Å². The van der Waals surface area contributed by atoms with Gasteiger partial charge in [0.15, 0.2) is 5.82 Å². The molecule has 2 saturated heterocycles. The van der Waals surface area contributed by atoms with E-state index in [1.165, 1.54) is 0 Å². The highest BCUT2D eigenvalue weighted by Crippen LogP contribution is 2.26. The van der Waals surface area contributed by atoms with E-state index in [4.69, 9.17) is 9.47 Å². The van der Waals surface area contributed by atoms with Crippen molar-refractivity contribution in [3.8, 4) is 0 Å². The van der Waals surface area contributed by atoms with Gasteiger partial charge < -0.3 is 9.47 Å². The quantitative estimate of drug-likeness (QED) is 0.809. The van der Waals surface area contributed by atoms with Crippen LogP contribution in [0.15, 0.2) is 0 Å². The number of nitrogens with one attached hydrogen (secondary N) is 1. The third-order valence-electron chi connectivity index (χ3n) is 3.86. The Labute approximate surface area is 117 Å². The largest absolute Gasteiger partial charge is 0.461 e. The second-order valence-electron chi connectivity index (χ2n) is 5.35. The van der Waals surface area contributed by atoms with E-state index >= 15 is 0 Å². The highest BCUT2D eigenvalue weighted by molar-refractivity contribution is 5.78. The number of esters is 1. The van der Waals surface area contributed by atoms with Crippen LogP contribution in [0.2, 0.25) is 0 Å². The molecule has 2 aliphatic rings. The lowest BCUT2D eigenvalue weighted by Crippen LogP contribution is -2.46. The lowest BCUT2D eigenvalue weighted by atomic mass is 10.1. The number of cyclic esters (lactones) is 1. The highest BCUT2D eigenvalue weighted by atomic mass is 16.6. The standard InChI is InChI=1S/C13H20N4O3/c1-3-11-14-12(16-15-11)10-7-17(4-5-19-10)9-6-8(2)20-13(9)18/h8-10H,3-7H2,1-2H3,(H,14,15,16)/t8-,9+,10+/m1/s1. The van der Waals surface area contributed by atoms with E-state index in [9.17, 15) is 4.79 Å². The zero-order valence-corrected chi connectivity index (χ0v) is 11.8. The average Bonchev–Trinajstić information content (AvgIpc) is 3.05. The summed E-state index contributed by atoms with van der Waals surface area (Å²) in [5.41, 5.74) is 0. The number of carbonyl (C=O) groups excluding carboxylic acids is 1. The summed E-state index contributed by atoms with van der Waals surface area (Å²) < 4.78 is 11.0. The SMILES string of the molecule is CCc1nc([C@@H]2CN([C@H]3C[C@@H](C)OC3=O)CCO2)n[nH]1. The fourth-order valence-electron chi connectivity index (χ4n) is 2.75. The van der Waals surface area contributed by atoms with Crippen LogP contribution < -0.4 is 0 Å². The minimum absolute atomic E-state index is 0.00370. The van der Waals surface area contributed by atoms with Crippen molar-refractivity contribution in [1.29, 1.82) is 0 Å². The summed E-state index contributed by atoms with van der Waals surface area (Å²) in [4.78, 5) is 18.4. The molecule has 3 atom stereocenters. The Bertz CT molecular complexity index is 490. The Morgan fingerprint density at radius 3 is 3.00 bits per heavy atom. The Kier molecular flexibility index (Phi) is 3.71. The molecule has 0 aromatic carbocycles. The molecule has 1 aromatic rings. The van der Waals surface area contributed by atoms with Gasteiger partial charge >= 0.3 is 5.97 Å². The molecule has 0 radical (unpaired) electrons. The summed E-state index contributed by atoms with van der Waals surface area (Å²) in [6, 6.07) is -0.152. The number of rotatable bonds is 3. The number of aromatic nitrogens is 3. The van der Waals surface area contributed by atoms with Crippen LogP contribution in [-0.2, 0) is 20.7 Å². The van der Waals surface area contributed by atoms with Gasteiger partial charge in [-0.1, -0.05) is 6.92 Å². The molecule has 0 spiro atoms. The molecule has 7 nitrogen and oxygen atoms in total. The predicted octanol–water partition coefficient (Wildman–Crippen LogP) is 0.444. The second-order valence-corrected chi connectivity index (χ2v) is 5.35. The lowest BCUT2D eigenvalue weighted by Gasteiger charge is -2.33. The predicted molar refractivity (Wildman–Crippen MR) is 70.0 cm³/mol. The van der Waals surface area contributed by atoms with Crippen LogP contribution in [0.1, 0.15) is 38.0 Å². The van der Waals surface area contributed by atoms with E-state index in [2.05, 4.69) is 20.1 Å². The van der Waals surface area contributed by atoms with Crippen molar-refractivity contribution in [3.05, 3.63) is 11.6 Å². The minimum atomic E-state index is -0.177. The molecule has 110 valence electrons. The number of hydrogen-bond donors (Lipinski definition) is 1. The second kappa shape index (κ2) is 5.49. The van der Waals surface area contributed by atoms with Crippen molar-refractivity contribution >= 4 is 5.97 Å². The summed E-state index contributed by atoms with van der Waals surface area (Å²) in [5, 5.41) is 7.10. The first-order chi connectivity index (χ1) is 9.67. The maximum Gasteiger partial charge on any atom is 0.323 e. The van der Waals surface area contributed by atoms with Crippen LogP contribution in [0.25, 0.3) is 0 Å². The number of aryl methyl sites for hydroxylation is 1. The molecule has 0 saturated carbocycles. The van der Waals surface area contributed by atoms with Crippen LogP contribution in [0, 0.1) is 0 Å². The van der Waals surface area contributed by atoms with Gasteiger partial charge in [0.1, 0.15) is 24.1 Å².